The summed E-state index contributed by atoms with van der Waals surface area (Å²) in [4.78, 5) is 42.7. The molecule has 1 saturated carbocycles. The molecule has 1 unspecified atom stereocenters. The van der Waals surface area contributed by atoms with Crippen LogP contribution in [0.15, 0.2) is 18.5 Å². The second-order valence-corrected chi connectivity index (χ2v) is 12.8. The number of aromatic nitrogens is 3. The molecule has 1 amide bonds. The number of carbonyl (C=O) groups is 3. The van der Waals surface area contributed by atoms with Gasteiger partial charge in [0.1, 0.15) is 48.4 Å². The van der Waals surface area contributed by atoms with E-state index < -0.39 is 66.1 Å². The molecule has 2 aliphatic rings. The van der Waals surface area contributed by atoms with Crippen molar-refractivity contribution in [3.63, 3.8) is 0 Å². The van der Waals surface area contributed by atoms with Gasteiger partial charge in [0, 0.05) is 6.42 Å². The molecule has 4 rings (SSSR count). The number of alkyl carbamates (subject to hydrolysis) is 1. The average molecular weight is 615 g/mol. The number of hydrogen-bond acceptors (Lipinski definition) is 12. The minimum Gasteiger partial charge on any atom is -0.463 e. The van der Waals surface area contributed by atoms with Crippen molar-refractivity contribution in [3.8, 4) is 6.07 Å². The highest BCUT2D eigenvalue weighted by Crippen LogP contribution is 2.42. The lowest BCUT2D eigenvalue weighted by molar-refractivity contribution is -0.163. The Bertz CT molecular complexity index is 1390. The second-order valence-electron chi connectivity index (χ2n) is 12.8. The summed E-state index contributed by atoms with van der Waals surface area (Å²) in [6.45, 7) is 8.07. The molecule has 3 heterocycles. The lowest BCUT2D eigenvalue weighted by Crippen LogP contribution is -2.50. The molecule has 5 atom stereocenters. The first-order valence-corrected chi connectivity index (χ1v) is 15.0. The van der Waals surface area contributed by atoms with Crippen molar-refractivity contribution < 1.29 is 38.4 Å². The second kappa shape index (κ2) is 13.4. The quantitative estimate of drug-likeness (QED) is 0.276. The van der Waals surface area contributed by atoms with E-state index in [-0.39, 0.29) is 23.9 Å². The van der Waals surface area contributed by atoms with Crippen molar-refractivity contribution in [2.24, 2.45) is 11.8 Å². The fourth-order valence-electron chi connectivity index (χ4n) is 5.68. The van der Waals surface area contributed by atoms with Crippen LogP contribution in [0.25, 0.3) is 5.52 Å². The molecular formula is C30H42N6O8. The van der Waals surface area contributed by atoms with E-state index in [2.05, 4.69) is 15.4 Å². The van der Waals surface area contributed by atoms with Gasteiger partial charge < -0.3 is 35.1 Å². The lowest BCUT2D eigenvalue weighted by atomic mass is 9.87. The Morgan fingerprint density at radius 1 is 1.25 bits per heavy atom. The molecule has 1 saturated heterocycles. The Balaban J connectivity index is 1.60. The number of nitrogens with one attached hydrogen (secondary N) is 1. The molecule has 0 spiro atoms. The Morgan fingerprint density at radius 2 is 1.95 bits per heavy atom. The number of esters is 2. The van der Waals surface area contributed by atoms with Crippen molar-refractivity contribution in [1.82, 2.24) is 19.9 Å². The molecule has 44 heavy (non-hydrogen) atoms. The number of anilines is 1. The minimum absolute atomic E-state index is 0.112. The van der Waals surface area contributed by atoms with E-state index >= 15 is 0 Å². The van der Waals surface area contributed by atoms with E-state index in [9.17, 15) is 24.8 Å². The number of nitrogens with zero attached hydrogens (tertiary/aromatic N) is 4. The third kappa shape index (κ3) is 7.22. The fourth-order valence-corrected chi connectivity index (χ4v) is 5.68. The Labute approximate surface area is 256 Å². The summed E-state index contributed by atoms with van der Waals surface area (Å²) in [5, 5.41) is 28.8. The number of hydrogen-bond donors (Lipinski definition) is 3. The Kier molecular flexibility index (Phi) is 10.00. The molecule has 14 nitrogen and oxygen atoms in total. The van der Waals surface area contributed by atoms with Gasteiger partial charge in [-0.3, -0.25) is 4.79 Å². The van der Waals surface area contributed by atoms with Crippen molar-refractivity contribution >= 4 is 29.4 Å². The standard InChI is InChI=1S/C30H42N6O8/c1-17(2)23(35-28(40)44-29(3,4)5)27(39)42-24-20(14-41-22(37)13-18-9-7-6-8-10-18)43-30(15-31,25(24)38)21-12-11-19-26(32)33-16-34-36(19)21/h11-12,16-18,20,23-25,38H,6-10,13-14H2,1-5H3,(H,35,40)(H2,32,33,34)/t20-,23?,24-,25-,30+/m1/s1. The van der Waals surface area contributed by atoms with Gasteiger partial charge in [-0.15, -0.1) is 0 Å². The maximum Gasteiger partial charge on any atom is 0.408 e. The van der Waals surface area contributed by atoms with Gasteiger partial charge in [0.15, 0.2) is 11.9 Å². The van der Waals surface area contributed by atoms with Gasteiger partial charge >= 0.3 is 18.0 Å². The third-order valence-corrected chi connectivity index (χ3v) is 7.89. The highest BCUT2D eigenvalue weighted by molar-refractivity contribution is 5.82. The third-order valence-electron chi connectivity index (χ3n) is 7.89. The highest BCUT2D eigenvalue weighted by atomic mass is 16.6. The number of amides is 1. The Morgan fingerprint density at radius 3 is 2.59 bits per heavy atom. The molecular weight excluding hydrogens is 572 g/mol. The molecule has 0 bridgehead atoms. The summed E-state index contributed by atoms with van der Waals surface area (Å²) in [6.07, 6.45) is 1.31. The summed E-state index contributed by atoms with van der Waals surface area (Å²) >= 11 is 0. The number of aliphatic hydroxyl groups excluding tert-OH is 1. The van der Waals surface area contributed by atoms with Gasteiger partial charge in [0.2, 0.25) is 5.60 Å². The van der Waals surface area contributed by atoms with Gasteiger partial charge in [-0.1, -0.05) is 33.1 Å². The van der Waals surface area contributed by atoms with Crippen molar-refractivity contribution in [3.05, 3.63) is 24.2 Å². The monoisotopic (exact) mass is 614 g/mol. The summed E-state index contributed by atoms with van der Waals surface area (Å²) in [6, 6.07) is 3.93. The first-order valence-electron chi connectivity index (χ1n) is 15.0. The molecule has 2 aromatic rings. The van der Waals surface area contributed by atoms with Crippen LogP contribution in [0.1, 0.15) is 78.8 Å². The molecule has 1 aliphatic heterocycles. The summed E-state index contributed by atoms with van der Waals surface area (Å²) in [7, 11) is 0. The van der Waals surface area contributed by atoms with Crippen LogP contribution in [0.4, 0.5) is 10.6 Å². The normalized spacial score (nSPS) is 24.9. The maximum atomic E-state index is 13.5. The molecule has 0 aromatic carbocycles. The van der Waals surface area contributed by atoms with Crippen LogP contribution in [0.3, 0.4) is 0 Å². The molecule has 0 radical (unpaired) electrons. The van der Waals surface area contributed by atoms with E-state index in [0.29, 0.717) is 5.52 Å². The fraction of sp³-hybridized carbons (Fsp3) is 0.667. The summed E-state index contributed by atoms with van der Waals surface area (Å²) < 4.78 is 24.1. The van der Waals surface area contributed by atoms with E-state index in [0.717, 1.165) is 32.1 Å². The number of ether oxygens (including phenoxy) is 4. The first kappa shape index (κ1) is 32.9. The van der Waals surface area contributed by atoms with E-state index in [1.807, 2.05) is 6.07 Å². The van der Waals surface area contributed by atoms with Crippen LogP contribution in [-0.4, -0.2) is 74.3 Å². The van der Waals surface area contributed by atoms with Crippen LogP contribution >= 0.6 is 0 Å². The molecule has 240 valence electrons. The molecule has 1 aliphatic carbocycles. The number of fused-ring (bicyclic) bond motifs is 1. The van der Waals surface area contributed by atoms with Gasteiger partial charge in [-0.05, 0) is 57.6 Å². The number of rotatable bonds is 9. The largest absolute Gasteiger partial charge is 0.463 e. The minimum atomic E-state index is -2.09. The lowest BCUT2D eigenvalue weighted by Gasteiger charge is -2.28. The maximum absolute atomic E-state index is 13.5. The van der Waals surface area contributed by atoms with Crippen LogP contribution in [0.5, 0.6) is 0 Å². The summed E-state index contributed by atoms with van der Waals surface area (Å²) in [5.41, 5.74) is 3.55. The van der Waals surface area contributed by atoms with Crippen LogP contribution in [-0.2, 0) is 34.1 Å². The zero-order valence-electron chi connectivity index (χ0n) is 25.8. The van der Waals surface area contributed by atoms with Crippen LogP contribution in [0, 0.1) is 23.2 Å². The van der Waals surface area contributed by atoms with Crippen LogP contribution in [0.2, 0.25) is 0 Å². The van der Waals surface area contributed by atoms with Gasteiger partial charge in [-0.2, -0.15) is 10.4 Å². The molecule has 2 aromatic heterocycles. The average Bonchev–Trinajstić information content (AvgIpc) is 3.50. The van der Waals surface area contributed by atoms with Crippen molar-refractivity contribution in [2.75, 3.05) is 12.3 Å². The molecule has 14 heteroatoms. The highest BCUT2D eigenvalue weighted by Gasteiger charge is 2.60. The topological polar surface area (TPSA) is 200 Å². The number of nitrogen functional groups attached to an aromatic ring is 1. The zero-order valence-corrected chi connectivity index (χ0v) is 25.8. The number of aliphatic hydroxyl groups is 1. The van der Waals surface area contributed by atoms with Crippen molar-refractivity contribution in [2.45, 2.75) is 109 Å². The predicted molar refractivity (Wildman–Crippen MR) is 156 cm³/mol. The molecule has 2 fully saturated rings. The van der Waals surface area contributed by atoms with Gasteiger partial charge in [0.05, 0.1) is 5.69 Å². The van der Waals surface area contributed by atoms with Crippen LogP contribution < -0.4 is 11.1 Å². The Hall–Kier alpha value is -3.96. The number of carbonyl (C=O) groups excluding carboxylic acids is 3. The van der Waals surface area contributed by atoms with Gasteiger partial charge in [0.25, 0.3) is 0 Å². The first-order chi connectivity index (χ1) is 20.8. The molecule has 4 N–H and O–H groups in total. The van der Waals surface area contributed by atoms with Gasteiger partial charge in [-0.25, -0.2) is 19.1 Å². The van der Waals surface area contributed by atoms with E-state index in [1.54, 1.807) is 40.7 Å². The van der Waals surface area contributed by atoms with Crippen molar-refractivity contribution in [1.29, 1.82) is 5.26 Å². The SMILES string of the molecule is CC(C)C(NC(=O)OC(C)(C)C)C(=O)O[C@H]1[C@@H](O)[C@](C#N)(c2ccc3c(N)ncnn23)O[C@@H]1COC(=O)CC1CCCCC1. The number of nitrogens with two attached hydrogens (primary N) is 1. The smallest absolute Gasteiger partial charge is 0.408 e. The number of nitriles is 1. The zero-order chi connectivity index (χ0) is 32.2. The predicted octanol–water partition coefficient (Wildman–Crippen LogP) is 2.76. The summed E-state index contributed by atoms with van der Waals surface area (Å²) in [5.74, 6) is -1.42. The van der Waals surface area contributed by atoms with E-state index in [4.69, 9.17) is 24.7 Å². The van der Waals surface area contributed by atoms with E-state index in [1.165, 1.54) is 16.9 Å².